The third-order valence-corrected chi connectivity index (χ3v) is 11.2. The van der Waals surface area contributed by atoms with Crippen molar-refractivity contribution >= 4 is 19.9 Å². The molecule has 2 heteroatoms. The third kappa shape index (κ3) is 4.79. The van der Waals surface area contributed by atoms with Crippen LogP contribution in [0.4, 0.5) is 0 Å². The van der Waals surface area contributed by atoms with E-state index in [4.69, 9.17) is 10.7 Å². The van der Waals surface area contributed by atoms with Crippen molar-refractivity contribution in [2.45, 2.75) is 14.7 Å². The zero-order chi connectivity index (χ0) is 25.8. The van der Waals surface area contributed by atoms with Crippen LogP contribution in [0.5, 0.6) is 0 Å². The van der Waals surface area contributed by atoms with Gasteiger partial charge in [-0.1, -0.05) is 147 Å². The Morgan fingerprint density at radius 2 is 0.474 bits per heavy atom. The highest BCUT2D eigenvalue weighted by Crippen LogP contribution is 2.72. The molecule has 38 heavy (non-hydrogen) atoms. The summed E-state index contributed by atoms with van der Waals surface area (Å²) in [6.45, 7) is 0. The van der Waals surface area contributed by atoms with Crippen molar-refractivity contribution in [3.63, 3.8) is 0 Å². The van der Waals surface area contributed by atoms with Gasteiger partial charge in [0.15, 0.2) is 0 Å². The van der Waals surface area contributed by atoms with E-state index in [1.807, 2.05) is 18.2 Å². The van der Waals surface area contributed by atoms with E-state index in [9.17, 15) is 0 Å². The first-order chi connectivity index (χ1) is 18.7. The Bertz CT molecular complexity index is 1410. The van der Waals surface area contributed by atoms with Crippen LogP contribution in [0.15, 0.2) is 178 Å². The van der Waals surface area contributed by atoms with E-state index in [-0.39, 0.29) is 0 Å². The maximum atomic E-state index is 7.79. The van der Waals surface area contributed by atoms with Crippen LogP contribution >= 0.6 is 19.9 Å². The molecule has 184 valence electrons. The average Bonchev–Trinajstić information content (AvgIpc) is 3.02. The summed E-state index contributed by atoms with van der Waals surface area (Å²) in [6, 6.07) is 57.7. The zero-order valence-corrected chi connectivity index (χ0v) is 22.4. The van der Waals surface area contributed by atoms with Crippen molar-refractivity contribution in [1.29, 1.82) is 0 Å². The predicted molar refractivity (Wildman–Crippen MR) is 164 cm³/mol. The first-order valence-electron chi connectivity index (χ1n) is 12.7. The Morgan fingerprint density at radius 1 is 0.263 bits per heavy atom. The minimum atomic E-state index is -2.00. The van der Waals surface area contributed by atoms with Gasteiger partial charge in [0.05, 0.1) is 0 Å². The fraction of sp³-hybridized carbons (Fsp3) is 0. The number of halogens is 1. The molecule has 0 aliphatic carbocycles. The lowest BCUT2D eigenvalue weighted by molar-refractivity contribution is 1.32. The second kappa shape index (κ2) is 10.8. The minimum Gasteiger partial charge on any atom is -0.0810 e. The van der Waals surface area contributed by atoms with E-state index in [0.717, 1.165) is 14.7 Å². The van der Waals surface area contributed by atoms with E-state index >= 15 is 0 Å². The first-order valence-corrected chi connectivity index (χ1v) is 15.2. The highest BCUT2D eigenvalue weighted by molar-refractivity contribution is 8.51. The van der Waals surface area contributed by atoms with Gasteiger partial charge in [-0.25, -0.2) is 0 Å². The van der Waals surface area contributed by atoms with Crippen LogP contribution in [-0.4, -0.2) is 0 Å². The Balaban J connectivity index is 1.43. The normalized spacial score (nSPS) is 11.7. The molecule has 6 aromatic rings. The molecule has 6 aromatic carbocycles. The van der Waals surface area contributed by atoms with Gasteiger partial charge >= 0.3 is 0 Å². The van der Waals surface area contributed by atoms with E-state index in [1.165, 1.54) is 33.4 Å². The van der Waals surface area contributed by atoms with Gasteiger partial charge in [0.25, 0.3) is 0 Å². The summed E-state index contributed by atoms with van der Waals surface area (Å²) < 4.78 is 0. The van der Waals surface area contributed by atoms with Crippen molar-refractivity contribution in [3.8, 4) is 33.4 Å². The highest BCUT2D eigenvalue weighted by Gasteiger charge is 2.29. The molecular formula is C36H27ClS. The molecule has 0 radical (unpaired) electrons. The lowest BCUT2D eigenvalue weighted by Crippen LogP contribution is -1.97. The molecule has 0 bridgehead atoms. The van der Waals surface area contributed by atoms with Crippen LogP contribution in [0.2, 0.25) is 0 Å². The molecule has 0 saturated heterocycles. The van der Waals surface area contributed by atoms with E-state index in [1.54, 1.807) is 0 Å². The quantitative estimate of drug-likeness (QED) is 0.202. The molecule has 6 rings (SSSR count). The van der Waals surface area contributed by atoms with Gasteiger partial charge in [0.1, 0.15) is 0 Å². The number of hydrogen-bond donors (Lipinski definition) is 0. The number of hydrogen-bond acceptors (Lipinski definition) is 0. The molecule has 0 saturated carbocycles. The summed E-state index contributed by atoms with van der Waals surface area (Å²) in [7, 11) is 5.79. The molecule has 0 N–H and O–H groups in total. The van der Waals surface area contributed by atoms with Crippen LogP contribution in [0.1, 0.15) is 0 Å². The molecule has 0 atom stereocenters. The monoisotopic (exact) mass is 526 g/mol. The smallest absolute Gasteiger partial charge is 0.0117 e. The van der Waals surface area contributed by atoms with Crippen molar-refractivity contribution in [1.82, 2.24) is 0 Å². The lowest BCUT2D eigenvalue weighted by Gasteiger charge is -2.34. The molecule has 0 fully saturated rings. The molecule has 0 aliphatic rings. The van der Waals surface area contributed by atoms with Crippen LogP contribution in [-0.2, 0) is 0 Å². The molecule has 0 heterocycles. The maximum Gasteiger partial charge on any atom is 0.0117 e. The number of benzene rings is 6. The fourth-order valence-electron chi connectivity index (χ4n) is 4.80. The predicted octanol–water partition coefficient (Wildman–Crippen LogP) is 11.1. The molecule has 0 aliphatic heterocycles. The second-order valence-electron chi connectivity index (χ2n) is 9.21. The molecule has 0 amide bonds. The largest absolute Gasteiger partial charge is 0.0810 e. The van der Waals surface area contributed by atoms with Gasteiger partial charge in [0.2, 0.25) is 0 Å². The minimum absolute atomic E-state index is 1.12. The molecule has 0 unspecified atom stereocenters. The maximum absolute atomic E-state index is 7.79. The Hall–Kier alpha value is -4.04. The van der Waals surface area contributed by atoms with Crippen LogP contribution in [0, 0.1) is 0 Å². The first kappa shape index (κ1) is 24.3. The van der Waals surface area contributed by atoms with Crippen LogP contribution in [0.3, 0.4) is 0 Å². The number of rotatable bonds is 6. The van der Waals surface area contributed by atoms with Gasteiger partial charge in [-0.3, -0.25) is 0 Å². The summed E-state index contributed by atoms with van der Waals surface area (Å²) in [4.78, 5) is 3.37. The molecule has 0 nitrogen and oxygen atoms in total. The summed E-state index contributed by atoms with van der Waals surface area (Å²) in [5, 5.41) is 0. The van der Waals surface area contributed by atoms with Crippen molar-refractivity contribution < 1.29 is 0 Å². The average molecular weight is 527 g/mol. The highest BCUT2D eigenvalue weighted by atomic mass is 35.7. The third-order valence-electron chi connectivity index (χ3n) is 6.86. The van der Waals surface area contributed by atoms with Gasteiger partial charge in [0, 0.05) is 14.7 Å². The van der Waals surface area contributed by atoms with Gasteiger partial charge in [-0.05, 0) is 69.8 Å². The Labute approximate surface area is 231 Å². The van der Waals surface area contributed by atoms with Crippen molar-refractivity contribution in [2.24, 2.45) is 0 Å². The van der Waals surface area contributed by atoms with Crippen molar-refractivity contribution in [2.75, 3.05) is 0 Å². The van der Waals surface area contributed by atoms with E-state index < -0.39 is 9.24 Å². The summed E-state index contributed by atoms with van der Waals surface area (Å²) in [5.41, 5.74) is 7.17. The molecular weight excluding hydrogens is 500 g/mol. The summed E-state index contributed by atoms with van der Waals surface area (Å²) >= 11 is 0. The van der Waals surface area contributed by atoms with E-state index in [0.29, 0.717) is 0 Å². The van der Waals surface area contributed by atoms with Gasteiger partial charge in [-0.2, -0.15) is 0 Å². The summed E-state index contributed by atoms with van der Waals surface area (Å²) in [6.07, 6.45) is 0. The standard InChI is InChI=1S/C36H27ClS/c37-38(34-22-16-31(17-23-34)28-10-4-1-5-11-28,35-24-18-32(19-25-35)29-12-6-2-7-13-29)36-26-20-33(21-27-36)30-14-8-3-9-15-30/h1-27H. The second-order valence-corrected chi connectivity index (χ2v) is 13.1. The topological polar surface area (TPSA) is 0 Å². The van der Waals surface area contributed by atoms with E-state index in [2.05, 4.69) is 146 Å². The van der Waals surface area contributed by atoms with Crippen LogP contribution < -0.4 is 0 Å². The van der Waals surface area contributed by atoms with Gasteiger partial charge in [-0.15, -0.1) is 0 Å². The summed E-state index contributed by atoms with van der Waals surface area (Å²) in [5.74, 6) is 0. The Morgan fingerprint density at radius 3 is 0.711 bits per heavy atom. The fourth-order valence-corrected chi connectivity index (χ4v) is 8.08. The SMILES string of the molecule is ClS(c1ccc(-c2ccccc2)cc1)(c1ccc(-c2ccccc2)cc1)c1ccc(-c2ccccc2)cc1. The zero-order valence-electron chi connectivity index (χ0n) is 20.9. The lowest BCUT2D eigenvalue weighted by atomic mass is 10.1. The Kier molecular flexibility index (Phi) is 6.88. The molecule has 0 spiro atoms. The van der Waals surface area contributed by atoms with Crippen LogP contribution in [0.25, 0.3) is 33.4 Å². The van der Waals surface area contributed by atoms with Crippen molar-refractivity contribution in [3.05, 3.63) is 164 Å². The molecule has 0 aromatic heterocycles. The van der Waals surface area contributed by atoms with Gasteiger partial charge < -0.3 is 0 Å².